The van der Waals surface area contributed by atoms with Gasteiger partial charge in [-0.25, -0.2) is 4.79 Å². The lowest BCUT2D eigenvalue weighted by Gasteiger charge is -2.22. The zero-order chi connectivity index (χ0) is 19.5. The Morgan fingerprint density at radius 3 is 2.52 bits per heavy atom. The van der Waals surface area contributed by atoms with Crippen molar-refractivity contribution in [2.45, 2.75) is 32.3 Å². The number of fused-ring (bicyclic) bond motifs is 3. The van der Waals surface area contributed by atoms with Crippen molar-refractivity contribution in [2.75, 3.05) is 7.11 Å². The van der Waals surface area contributed by atoms with Crippen LogP contribution in [0.25, 0.3) is 22.1 Å². The van der Waals surface area contributed by atoms with Gasteiger partial charge in [0.15, 0.2) is 0 Å². The van der Waals surface area contributed by atoms with Crippen molar-refractivity contribution in [3.8, 4) is 34.1 Å². The molecule has 1 atom stereocenters. The molecule has 0 saturated carbocycles. The number of rotatable bonds is 2. The van der Waals surface area contributed by atoms with Crippen LogP contribution < -0.4 is 15.1 Å². The van der Waals surface area contributed by atoms with E-state index in [2.05, 4.69) is 0 Å². The van der Waals surface area contributed by atoms with Crippen molar-refractivity contribution in [1.29, 1.82) is 0 Å². The van der Waals surface area contributed by atoms with Gasteiger partial charge in [-0.3, -0.25) is 0 Å². The minimum absolute atomic E-state index is 0.0890. The van der Waals surface area contributed by atoms with Crippen LogP contribution in [0.5, 0.6) is 23.0 Å². The molecule has 0 amide bonds. The highest BCUT2D eigenvalue weighted by atomic mass is 16.5. The maximum absolute atomic E-state index is 12.7. The SMILES string of the molecule is COc1cc2c(c3oc(=O)c(-c4ccc(O)cc4O)cc13)C(C)(C)[C@H](C)O2. The van der Waals surface area contributed by atoms with Crippen LogP contribution in [-0.4, -0.2) is 23.4 Å². The summed E-state index contributed by atoms with van der Waals surface area (Å²) in [6, 6.07) is 7.49. The fourth-order valence-corrected chi connectivity index (χ4v) is 3.57. The molecule has 0 fully saturated rings. The molecule has 27 heavy (non-hydrogen) atoms. The highest BCUT2D eigenvalue weighted by Gasteiger charge is 2.42. The maximum atomic E-state index is 12.7. The van der Waals surface area contributed by atoms with E-state index in [4.69, 9.17) is 13.9 Å². The average molecular weight is 368 g/mol. The molecule has 3 aromatic rings. The third kappa shape index (κ3) is 2.44. The Morgan fingerprint density at radius 1 is 1.11 bits per heavy atom. The molecule has 2 N–H and O–H groups in total. The predicted octanol–water partition coefficient (Wildman–Crippen LogP) is 3.94. The Hall–Kier alpha value is -3.15. The summed E-state index contributed by atoms with van der Waals surface area (Å²) in [5, 5.41) is 20.3. The molecule has 1 aromatic heterocycles. The van der Waals surface area contributed by atoms with Gasteiger partial charge in [0, 0.05) is 28.7 Å². The normalized spacial score (nSPS) is 17.6. The molecular weight excluding hydrogens is 348 g/mol. The first-order chi connectivity index (χ1) is 12.7. The van der Waals surface area contributed by atoms with Crippen LogP contribution in [0, 0.1) is 0 Å². The smallest absolute Gasteiger partial charge is 0.344 e. The first-order valence-electron chi connectivity index (χ1n) is 8.62. The maximum Gasteiger partial charge on any atom is 0.344 e. The summed E-state index contributed by atoms with van der Waals surface area (Å²) in [4.78, 5) is 12.7. The summed E-state index contributed by atoms with van der Waals surface area (Å²) >= 11 is 0. The van der Waals surface area contributed by atoms with Crippen LogP contribution >= 0.6 is 0 Å². The molecule has 6 heteroatoms. The monoisotopic (exact) mass is 368 g/mol. The molecule has 0 aliphatic carbocycles. The van der Waals surface area contributed by atoms with Crippen LogP contribution in [0.4, 0.5) is 0 Å². The second kappa shape index (κ2) is 5.67. The van der Waals surface area contributed by atoms with Crippen LogP contribution in [0.15, 0.2) is 39.5 Å². The Kier molecular flexibility index (Phi) is 3.63. The molecule has 2 aromatic carbocycles. The largest absolute Gasteiger partial charge is 0.508 e. The van der Waals surface area contributed by atoms with Crippen LogP contribution in [-0.2, 0) is 5.41 Å². The lowest BCUT2D eigenvalue weighted by atomic mass is 9.81. The fraction of sp³-hybridized carbons (Fsp3) is 0.286. The number of methoxy groups -OCH3 is 1. The van der Waals surface area contributed by atoms with Gasteiger partial charge in [-0.2, -0.15) is 0 Å². The number of hydrogen-bond acceptors (Lipinski definition) is 6. The summed E-state index contributed by atoms with van der Waals surface area (Å²) in [6.07, 6.45) is -0.0890. The van der Waals surface area contributed by atoms with Gasteiger partial charge in [0.2, 0.25) is 0 Å². The van der Waals surface area contributed by atoms with Gasteiger partial charge in [-0.1, -0.05) is 13.8 Å². The number of phenolic OH excluding ortho intramolecular Hbond substituents is 2. The number of ether oxygens (including phenoxy) is 2. The summed E-state index contributed by atoms with van der Waals surface area (Å²) in [5.41, 5.74) is 0.764. The van der Waals surface area contributed by atoms with Gasteiger partial charge in [0.25, 0.3) is 0 Å². The second-order valence-corrected chi connectivity index (χ2v) is 7.33. The summed E-state index contributed by atoms with van der Waals surface area (Å²) in [5.74, 6) is 0.848. The van der Waals surface area contributed by atoms with Crippen LogP contribution in [0.3, 0.4) is 0 Å². The molecule has 0 bridgehead atoms. The Balaban J connectivity index is 2.07. The second-order valence-electron chi connectivity index (χ2n) is 7.33. The minimum atomic E-state index is -0.589. The van der Waals surface area contributed by atoms with E-state index in [0.717, 1.165) is 5.56 Å². The van der Waals surface area contributed by atoms with Crippen molar-refractivity contribution in [3.63, 3.8) is 0 Å². The van der Waals surface area contributed by atoms with E-state index in [-0.39, 0.29) is 34.1 Å². The van der Waals surface area contributed by atoms with Gasteiger partial charge < -0.3 is 24.1 Å². The molecule has 0 saturated heterocycles. The van der Waals surface area contributed by atoms with Crippen molar-refractivity contribution < 1.29 is 24.1 Å². The predicted molar refractivity (Wildman–Crippen MR) is 101 cm³/mol. The van der Waals surface area contributed by atoms with Crippen LogP contribution in [0.2, 0.25) is 0 Å². The first kappa shape index (κ1) is 17.3. The Labute approximate surface area is 155 Å². The Morgan fingerprint density at radius 2 is 1.85 bits per heavy atom. The van der Waals surface area contributed by atoms with Crippen molar-refractivity contribution in [2.24, 2.45) is 0 Å². The van der Waals surface area contributed by atoms with Crippen molar-refractivity contribution in [1.82, 2.24) is 0 Å². The van der Waals surface area contributed by atoms with E-state index >= 15 is 0 Å². The zero-order valence-corrected chi connectivity index (χ0v) is 15.5. The Bertz CT molecular complexity index is 1130. The third-order valence-corrected chi connectivity index (χ3v) is 5.40. The third-order valence-electron chi connectivity index (χ3n) is 5.40. The topological polar surface area (TPSA) is 89.1 Å². The van der Waals surface area contributed by atoms with Crippen molar-refractivity contribution >= 4 is 11.0 Å². The van der Waals surface area contributed by atoms with Gasteiger partial charge in [-0.05, 0) is 25.1 Å². The number of aromatic hydroxyl groups is 2. The molecule has 2 heterocycles. The molecule has 140 valence electrons. The van der Waals surface area contributed by atoms with E-state index in [1.165, 1.54) is 25.3 Å². The molecule has 4 rings (SSSR count). The lowest BCUT2D eigenvalue weighted by molar-refractivity contribution is 0.185. The fourth-order valence-electron chi connectivity index (χ4n) is 3.57. The number of benzene rings is 2. The van der Waals surface area contributed by atoms with Gasteiger partial charge in [-0.15, -0.1) is 0 Å². The molecule has 1 aliphatic rings. The average Bonchev–Trinajstić information content (AvgIpc) is 2.83. The van der Waals surface area contributed by atoms with E-state index in [9.17, 15) is 15.0 Å². The lowest BCUT2D eigenvalue weighted by Crippen LogP contribution is -2.29. The highest BCUT2D eigenvalue weighted by molar-refractivity contribution is 5.93. The van der Waals surface area contributed by atoms with Crippen molar-refractivity contribution in [3.05, 3.63) is 46.3 Å². The summed E-state index contributed by atoms with van der Waals surface area (Å²) < 4.78 is 17.2. The first-order valence-corrected chi connectivity index (χ1v) is 8.62. The molecule has 0 radical (unpaired) electrons. The molecule has 6 nitrogen and oxygen atoms in total. The van der Waals surface area contributed by atoms with E-state index in [1.807, 2.05) is 20.8 Å². The number of phenols is 2. The standard InChI is InChI=1S/C21H20O6/c1-10-21(2,3)18-17(26-10)9-16(25-4)14-8-13(20(24)27-19(14)18)12-6-5-11(22)7-15(12)23/h5-10,22-23H,1-4H3/t10-/m0/s1. The number of hydrogen-bond donors (Lipinski definition) is 2. The van der Waals surface area contributed by atoms with Gasteiger partial charge >= 0.3 is 5.63 Å². The van der Waals surface area contributed by atoms with Gasteiger partial charge in [0.1, 0.15) is 34.7 Å². The van der Waals surface area contributed by atoms with E-state index in [0.29, 0.717) is 22.5 Å². The summed E-state index contributed by atoms with van der Waals surface area (Å²) in [7, 11) is 1.54. The molecular formula is C21H20O6. The molecule has 0 unspecified atom stereocenters. The quantitative estimate of drug-likeness (QED) is 0.666. The molecule has 1 aliphatic heterocycles. The van der Waals surface area contributed by atoms with E-state index < -0.39 is 5.63 Å². The minimum Gasteiger partial charge on any atom is -0.508 e. The zero-order valence-electron chi connectivity index (χ0n) is 15.5. The van der Waals surface area contributed by atoms with Gasteiger partial charge in [0.05, 0.1) is 18.1 Å². The summed E-state index contributed by atoms with van der Waals surface area (Å²) in [6.45, 7) is 6.05. The van der Waals surface area contributed by atoms with E-state index in [1.54, 1.807) is 12.1 Å². The highest BCUT2D eigenvalue weighted by Crippen LogP contribution is 2.49. The molecule has 0 spiro atoms. The van der Waals surface area contributed by atoms with Crippen LogP contribution in [0.1, 0.15) is 26.3 Å².